The minimum Gasteiger partial charge on any atom is -0.354 e. The summed E-state index contributed by atoms with van der Waals surface area (Å²) in [4.78, 5) is 39.8. The minimum atomic E-state index is -5.06. The number of carbonyl (C=O) groups excluding carboxylic acids is 2. The molecule has 1 aliphatic rings. The van der Waals surface area contributed by atoms with Gasteiger partial charge in [0.05, 0.1) is 32.9 Å². The van der Waals surface area contributed by atoms with Gasteiger partial charge in [0.25, 0.3) is 25.8 Å². The first-order valence-corrected chi connectivity index (χ1v) is 15.6. The molecule has 1 aliphatic carbocycles. The van der Waals surface area contributed by atoms with Crippen LogP contribution in [-0.2, 0) is 27.3 Å². The smallest absolute Gasteiger partial charge is 0.296 e. The molecule has 0 saturated carbocycles. The van der Waals surface area contributed by atoms with Crippen LogP contribution < -0.4 is 10.9 Å². The Bertz CT molecular complexity index is 2400. The number of benzene rings is 4. The molecule has 0 atom stereocenters. The van der Waals surface area contributed by atoms with E-state index in [-0.39, 0.29) is 55.7 Å². The number of nitrogens with zero attached hydrogens (tertiary/aromatic N) is 1. The highest BCUT2D eigenvalue weighted by molar-refractivity contribution is 7.86. The van der Waals surface area contributed by atoms with Gasteiger partial charge in [-0.3, -0.25) is 23.5 Å². The molecule has 3 N–H and O–H groups in total. The van der Waals surface area contributed by atoms with Crippen molar-refractivity contribution in [2.45, 2.75) is 9.79 Å². The number of anilines is 2. The zero-order chi connectivity index (χ0) is 31.7. The van der Waals surface area contributed by atoms with Gasteiger partial charge in [0.2, 0.25) is 0 Å². The highest BCUT2D eigenvalue weighted by Gasteiger charge is 2.34. The van der Waals surface area contributed by atoms with Crippen molar-refractivity contribution in [3.05, 3.63) is 117 Å². The summed E-state index contributed by atoms with van der Waals surface area (Å²) >= 11 is 0. The van der Waals surface area contributed by atoms with Crippen molar-refractivity contribution < 1.29 is 39.9 Å². The van der Waals surface area contributed by atoms with Crippen LogP contribution >= 0.6 is 0 Å². The molecular formula is C30H19FN2O9S2. The second kappa shape index (κ2) is 10.0. The highest BCUT2D eigenvalue weighted by atomic mass is 32.2. The maximum absolute atomic E-state index is 14.1. The van der Waals surface area contributed by atoms with E-state index in [4.69, 9.17) is 0 Å². The van der Waals surface area contributed by atoms with Gasteiger partial charge in [0.1, 0.15) is 10.7 Å². The molecule has 0 unspecified atom stereocenters. The first kappa shape index (κ1) is 29.1. The molecule has 11 nitrogen and oxygen atoms in total. The molecule has 44 heavy (non-hydrogen) atoms. The number of halogens is 1. The maximum atomic E-state index is 14.1. The third-order valence-electron chi connectivity index (χ3n) is 7.34. The molecule has 222 valence electrons. The van der Waals surface area contributed by atoms with Crippen molar-refractivity contribution in [3.63, 3.8) is 0 Å². The third-order valence-corrected chi connectivity index (χ3v) is 9.09. The number of ketones is 2. The monoisotopic (exact) mass is 634 g/mol. The Morgan fingerprint density at radius 3 is 2.14 bits per heavy atom. The van der Waals surface area contributed by atoms with Crippen molar-refractivity contribution >= 4 is 54.1 Å². The van der Waals surface area contributed by atoms with Crippen molar-refractivity contribution in [1.29, 1.82) is 0 Å². The molecule has 5 aromatic rings. The molecule has 0 fully saturated rings. The van der Waals surface area contributed by atoms with Crippen LogP contribution in [0.2, 0.25) is 0 Å². The van der Waals surface area contributed by atoms with Crippen molar-refractivity contribution in [2.75, 3.05) is 5.32 Å². The van der Waals surface area contributed by atoms with Gasteiger partial charge in [0.15, 0.2) is 11.6 Å². The normalized spacial score (nSPS) is 12.7. The number of carbonyl (C=O) groups is 2. The molecule has 0 radical (unpaired) electrons. The Hall–Kier alpha value is -5.02. The average molecular weight is 635 g/mol. The molecule has 0 aliphatic heterocycles. The SMILES string of the molecule is Cn1c(=O)c(C(=O)c2cccc(F)c2)c2c3c(c(Nc4ccc(S(=O)(=O)O)cc4S(=O)(=O)O)ccc31)C(=O)c1ccccc1-2. The minimum absolute atomic E-state index is 0.00874. The zero-order valence-corrected chi connectivity index (χ0v) is 24.0. The van der Waals surface area contributed by atoms with Gasteiger partial charge in [-0.2, -0.15) is 16.8 Å². The third kappa shape index (κ3) is 4.60. The number of aromatic nitrogens is 1. The molecule has 4 aromatic carbocycles. The fourth-order valence-corrected chi connectivity index (χ4v) is 6.64. The lowest BCUT2D eigenvalue weighted by atomic mass is 9.80. The molecule has 1 aromatic heterocycles. The lowest BCUT2D eigenvalue weighted by Crippen LogP contribution is -2.29. The van der Waals surface area contributed by atoms with Crippen LogP contribution in [-0.4, -0.2) is 42.1 Å². The lowest BCUT2D eigenvalue weighted by Gasteiger charge is -2.26. The van der Waals surface area contributed by atoms with E-state index in [1.807, 2.05) is 0 Å². The van der Waals surface area contributed by atoms with Crippen LogP contribution in [0.3, 0.4) is 0 Å². The van der Waals surface area contributed by atoms with Gasteiger partial charge in [-0.25, -0.2) is 4.39 Å². The number of nitrogens with one attached hydrogen (secondary N) is 1. The predicted molar refractivity (Wildman–Crippen MR) is 157 cm³/mol. The second-order valence-corrected chi connectivity index (χ2v) is 12.8. The summed E-state index contributed by atoms with van der Waals surface area (Å²) in [5.41, 5.74) is -0.763. The summed E-state index contributed by atoms with van der Waals surface area (Å²) in [6.07, 6.45) is 0. The maximum Gasteiger partial charge on any atom is 0.296 e. The molecule has 0 amide bonds. The van der Waals surface area contributed by atoms with Crippen molar-refractivity contribution in [3.8, 4) is 11.1 Å². The molecule has 1 heterocycles. The van der Waals surface area contributed by atoms with Gasteiger partial charge in [0, 0.05) is 29.1 Å². The largest absolute Gasteiger partial charge is 0.354 e. The van der Waals surface area contributed by atoms with Gasteiger partial charge >= 0.3 is 0 Å². The van der Waals surface area contributed by atoms with Crippen molar-refractivity contribution in [2.24, 2.45) is 7.05 Å². The number of hydrogen-bond acceptors (Lipinski definition) is 8. The molecule has 0 spiro atoms. The van der Waals surface area contributed by atoms with E-state index >= 15 is 0 Å². The van der Waals surface area contributed by atoms with Crippen LogP contribution in [0, 0.1) is 5.82 Å². The summed E-state index contributed by atoms with van der Waals surface area (Å²) in [5, 5.41) is 2.93. The predicted octanol–water partition coefficient (Wildman–Crippen LogP) is 4.36. The number of hydrogen-bond donors (Lipinski definition) is 3. The molecule has 0 bridgehead atoms. The number of rotatable bonds is 6. The van der Waals surface area contributed by atoms with E-state index in [1.165, 1.54) is 41.9 Å². The van der Waals surface area contributed by atoms with Crippen LogP contribution in [0.25, 0.3) is 22.0 Å². The Kier molecular flexibility index (Phi) is 6.62. The Balaban J connectivity index is 1.69. The molecular weight excluding hydrogens is 615 g/mol. The topological polar surface area (TPSA) is 177 Å². The van der Waals surface area contributed by atoms with E-state index in [9.17, 15) is 44.7 Å². The fourth-order valence-electron chi connectivity index (χ4n) is 5.39. The van der Waals surface area contributed by atoms with Gasteiger partial charge < -0.3 is 9.88 Å². The Labute approximate surface area is 248 Å². The van der Waals surface area contributed by atoms with Gasteiger partial charge in [-0.15, -0.1) is 0 Å². The van der Waals surface area contributed by atoms with Crippen molar-refractivity contribution in [1.82, 2.24) is 4.57 Å². The molecule has 14 heteroatoms. The lowest BCUT2D eigenvalue weighted by molar-refractivity contribution is 0.102. The Morgan fingerprint density at radius 1 is 0.795 bits per heavy atom. The summed E-state index contributed by atoms with van der Waals surface area (Å²) in [5.74, 6) is -2.03. The molecule has 6 rings (SSSR count). The standard InChI is InChI=1S/C30H19FN2O9S2/c1-33-22-12-11-21(32-20-10-9-17(43(37,38)39)14-23(20)44(40,41)42)25-26(22)24(18-7-2-3-8-19(18)29(25)35)27(30(33)36)28(34)15-5-4-6-16(31)13-15/h2-14,32H,1H3,(H,37,38,39)(H,40,41,42). The van der Waals surface area contributed by atoms with Crippen LogP contribution in [0.5, 0.6) is 0 Å². The number of pyridine rings is 1. The molecule has 0 saturated heterocycles. The first-order valence-electron chi connectivity index (χ1n) is 12.7. The van der Waals surface area contributed by atoms with Gasteiger partial charge in [-0.05, 0) is 48.0 Å². The number of aryl methyl sites for hydroxylation is 1. The summed E-state index contributed by atoms with van der Waals surface area (Å²) in [6, 6.07) is 16.3. The average Bonchev–Trinajstić information content (AvgIpc) is 2.97. The summed E-state index contributed by atoms with van der Waals surface area (Å²) in [6.45, 7) is 0. The Morgan fingerprint density at radius 2 is 1.48 bits per heavy atom. The number of fused-ring (bicyclic) bond motifs is 2. The first-order chi connectivity index (χ1) is 20.7. The quantitative estimate of drug-likeness (QED) is 0.176. The van der Waals surface area contributed by atoms with E-state index in [1.54, 1.807) is 18.2 Å². The summed E-state index contributed by atoms with van der Waals surface area (Å²) in [7, 11) is -8.51. The van der Waals surface area contributed by atoms with Crippen LogP contribution in [0.1, 0.15) is 31.8 Å². The van der Waals surface area contributed by atoms with Crippen LogP contribution in [0.4, 0.5) is 15.8 Å². The second-order valence-electron chi connectivity index (χ2n) is 9.94. The fraction of sp³-hybridized carbons (Fsp3) is 0.0333. The van der Waals surface area contributed by atoms with E-state index in [2.05, 4.69) is 5.32 Å². The van der Waals surface area contributed by atoms with Crippen LogP contribution in [0.15, 0.2) is 93.4 Å². The zero-order valence-electron chi connectivity index (χ0n) is 22.4. The highest BCUT2D eigenvalue weighted by Crippen LogP contribution is 2.44. The van der Waals surface area contributed by atoms with E-state index in [0.29, 0.717) is 6.07 Å². The summed E-state index contributed by atoms with van der Waals surface area (Å²) < 4.78 is 82.2. The van der Waals surface area contributed by atoms with E-state index in [0.717, 1.165) is 24.3 Å². The van der Waals surface area contributed by atoms with Gasteiger partial charge in [-0.1, -0.05) is 36.4 Å². The van der Waals surface area contributed by atoms with E-state index < -0.39 is 53.0 Å².